The van der Waals surface area contributed by atoms with Crippen molar-refractivity contribution in [1.29, 1.82) is 10.8 Å². The van der Waals surface area contributed by atoms with Gasteiger partial charge < -0.3 is 20.7 Å². The number of amidine groups is 1. The maximum Gasteiger partial charge on any atom is 0.151 e. The maximum atomic E-state index is 12.5. The van der Waals surface area contributed by atoms with Crippen LogP contribution in [0.3, 0.4) is 0 Å². The maximum absolute atomic E-state index is 12.5. The van der Waals surface area contributed by atoms with Gasteiger partial charge >= 0.3 is 0 Å². The third-order valence-electron chi connectivity index (χ3n) is 8.59. The monoisotopic (exact) mass is 586 g/mol. The highest BCUT2D eigenvalue weighted by Crippen LogP contribution is 2.36. The lowest BCUT2D eigenvalue weighted by molar-refractivity contribution is -0.120. The molecule has 4 atom stereocenters. The number of terminal acetylenes is 1. The molecule has 0 saturated carbocycles. The average molecular weight is 587 g/mol. The molecule has 4 N–H and O–H groups in total. The van der Waals surface area contributed by atoms with Crippen LogP contribution in [0.25, 0.3) is 0 Å². The van der Waals surface area contributed by atoms with E-state index >= 15 is 0 Å². The molecule has 230 valence electrons. The van der Waals surface area contributed by atoms with Crippen molar-refractivity contribution < 1.29 is 14.7 Å². The van der Waals surface area contributed by atoms with Gasteiger partial charge in [0.15, 0.2) is 5.84 Å². The molecule has 1 aromatic carbocycles. The van der Waals surface area contributed by atoms with Crippen LogP contribution >= 0.6 is 0 Å². The van der Waals surface area contributed by atoms with Crippen molar-refractivity contribution in [2.75, 3.05) is 7.05 Å². The largest absolute Gasteiger partial charge is 0.487 e. The summed E-state index contributed by atoms with van der Waals surface area (Å²) in [6.45, 7) is 7.61. The predicted octanol–water partition coefficient (Wildman–Crippen LogP) is 6.36. The van der Waals surface area contributed by atoms with Gasteiger partial charge in [-0.15, -0.1) is 6.42 Å². The highest BCUT2D eigenvalue weighted by atomic mass is 16.5. The van der Waals surface area contributed by atoms with Crippen LogP contribution in [0.2, 0.25) is 0 Å². The summed E-state index contributed by atoms with van der Waals surface area (Å²) in [7, 11) is 3.44. The smallest absolute Gasteiger partial charge is 0.151 e. The van der Waals surface area contributed by atoms with Crippen molar-refractivity contribution in [2.45, 2.75) is 84.7 Å². The Balaban J connectivity index is 1.82. The van der Waals surface area contributed by atoms with Crippen LogP contribution in [0.4, 0.5) is 0 Å². The Morgan fingerprint density at radius 1 is 1.30 bits per heavy atom. The molecule has 9 nitrogen and oxygen atoms in total. The van der Waals surface area contributed by atoms with Crippen molar-refractivity contribution in [2.24, 2.45) is 24.0 Å². The molecular weight excluding hydrogens is 540 g/mol. The number of carbonyl (C=O) groups excluding carboxylic acids is 1. The first kappa shape index (κ1) is 33.3. The molecular formula is C34H46N6O3. The number of rotatable bonds is 13. The molecule has 0 spiro atoms. The number of oxime groups is 1. The molecule has 0 bridgehead atoms. The van der Waals surface area contributed by atoms with E-state index in [0.717, 1.165) is 31.2 Å². The van der Waals surface area contributed by atoms with Crippen molar-refractivity contribution in [3.63, 3.8) is 0 Å². The Kier molecular flexibility index (Phi) is 11.9. The van der Waals surface area contributed by atoms with Crippen LogP contribution < -0.4 is 10.1 Å². The van der Waals surface area contributed by atoms with Gasteiger partial charge in [0.25, 0.3) is 0 Å². The van der Waals surface area contributed by atoms with Crippen LogP contribution in [0.15, 0.2) is 41.1 Å². The number of Topliss-reactive ketones (excluding diaryl/α,β-unsaturated/α-hetero) is 1. The fraction of sp³-hybridized carbons (Fsp3) is 0.500. The minimum atomic E-state index is -0.588. The van der Waals surface area contributed by atoms with Crippen LogP contribution in [0.5, 0.6) is 5.75 Å². The van der Waals surface area contributed by atoms with Crippen LogP contribution in [0, 0.1) is 35.0 Å². The molecule has 1 aliphatic rings. The Bertz CT molecular complexity index is 1410. The molecule has 0 fully saturated rings. The fourth-order valence-corrected chi connectivity index (χ4v) is 5.86. The van der Waals surface area contributed by atoms with E-state index in [0.29, 0.717) is 47.2 Å². The highest BCUT2D eigenvalue weighted by molar-refractivity contribution is 6.46. The van der Waals surface area contributed by atoms with Crippen molar-refractivity contribution in [3.8, 4) is 18.1 Å². The summed E-state index contributed by atoms with van der Waals surface area (Å²) in [5, 5.41) is 38.1. The third kappa shape index (κ3) is 8.01. The zero-order valence-corrected chi connectivity index (χ0v) is 26.3. The Morgan fingerprint density at radius 3 is 2.58 bits per heavy atom. The van der Waals surface area contributed by atoms with E-state index in [-0.39, 0.29) is 29.9 Å². The first-order chi connectivity index (χ1) is 20.6. The van der Waals surface area contributed by atoms with Crippen LogP contribution in [0.1, 0.15) is 101 Å². The Morgan fingerprint density at radius 2 is 2.00 bits per heavy atom. The number of ether oxygens (including phenoxy) is 1. The second-order valence-corrected chi connectivity index (χ2v) is 11.5. The molecule has 0 saturated heterocycles. The molecule has 1 heterocycles. The normalized spacial score (nSPS) is 17.6. The minimum absolute atomic E-state index is 0.0554. The van der Waals surface area contributed by atoms with E-state index in [1.807, 2.05) is 19.1 Å². The summed E-state index contributed by atoms with van der Waals surface area (Å²) in [5.41, 5.74) is 4.85. The number of aromatic nitrogens is 2. The lowest BCUT2D eigenvalue weighted by Gasteiger charge is -2.25. The standard InChI is InChI=1S/C34H46N6O3/c1-8-25(9-2)31-29(38-40(7)33(31)30(22(4)23(5)41)34(37-6)39-42)20-43-27-17-15-26(16-18-27)32(36)28(35)19-24-12-10-11-21(3)13-14-24/h1,11,15-18,22,24-25,30,35-36,42H,9-10,12-14,19-20H2,2-7H3,(H,37,39)/t22?,24?,25?,30-/m0/s1. The van der Waals surface area contributed by atoms with E-state index in [9.17, 15) is 10.0 Å². The number of hydrogen-bond donors (Lipinski definition) is 4. The van der Waals surface area contributed by atoms with Gasteiger partial charge in [0.05, 0.1) is 23.0 Å². The minimum Gasteiger partial charge on any atom is -0.487 e. The zero-order valence-electron chi connectivity index (χ0n) is 26.3. The fourth-order valence-electron chi connectivity index (χ4n) is 5.86. The number of nitrogens with one attached hydrogen (secondary N) is 3. The third-order valence-corrected chi connectivity index (χ3v) is 8.59. The first-order valence-electron chi connectivity index (χ1n) is 15.0. The molecule has 0 amide bonds. The quantitative estimate of drug-likeness (QED) is 0.0541. The SMILES string of the molecule is C#CC(CC)c1c(COc2ccc(C(=N)C(=N)CC3CCC=C(C)CC3)cc2)nn(C)c1[C@@H](/C(=N/O)NC)C(C)C(C)=O. The molecule has 0 radical (unpaired) electrons. The lowest BCUT2D eigenvalue weighted by Crippen LogP contribution is -2.35. The number of likely N-dealkylation sites (N-methyl/N-ethyl adjacent to an activating group) is 1. The van der Waals surface area contributed by atoms with Gasteiger partial charge in [-0.05, 0) is 82.6 Å². The number of benzene rings is 1. The molecule has 43 heavy (non-hydrogen) atoms. The molecule has 3 rings (SSSR count). The highest BCUT2D eigenvalue weighted by Gasteiger charge is 2.36. The van der Waals surface area contributed by atoms with Crippen molar-refractivity contribution >= 4 is 23.0 Å². The van der Waals surface area contributed by atoms with Gasteiger partial charge in [-0.3, -0.25) is 14.9 Å². The van der Waals surface area contributed by atoms with Crippen molar-refractivity contribution in [3.05, 3.63) is 58.4 Å². The number of carbonyl (C=O) groups is 1. The average Bonchev–Trinajstić information content (AvgIpc) is 3.17. The summed E-state index contributed by atoms with van der Waals surface area (Å²) in [6.07, 6.45) is 13.8. The van der Waals surface area contributed by atoms with Gasteiger partial charge in [0.1, 0.15) is 23.8 Å². The van der Waals surface area contributed by atoms with Crippen molar-refractivity contribution in [1.82, 2.24) is 15.1 Å². The summed E-state index contributed by atoms with van der Waals surface area (Å²) >= 11 is 0. The molecule has 1 aromatic heterocycles. The van der Waals surface area contributed by atoms with Gasteiger partial charge in [-0.25, -0.2) is 0 Å². The molecule has 2 aromatic rings. The Labute approximate surface area is 255 Å². The van der Waals surface area contributed by atoms with Gasteiger partial charge in [0.2, 0.25) is 0 Å². The van der Waals surface area contributed by atoms with E-state index in [1.165, 1.54) is 12.5 Å². The number of ketones is 1. The second-order valence-electron chi connectivity index (χ2n) is 11.5. The number of aryl methyl sites for hydroxylation is 1. The Hall–Kier alpha value is -4.19. The number of nitrogens with zero attached hydrogens (tertiary/aromatic N) is 3. The lowest BCUT2D eigenvalue weighted by atomic mass is 9.81. The van der Waals surface area contributed by atoms with E-state index in [2.05, 4.69) is 29.4 Å². The second kappa shape index (κ2) is 15.3. The summed E-state index contributed by atoms with van der Waals surface area (Å²) in [5.74, 6) is 2.71. The zero-order chi connectivity index (χ0) is 31.7. The first-order valence-corrected chi connectivity index (χ1v) is 15.0. The number of allylic oxidation sites excluding steroid dienone is 2. The molecule has 3 unspecified atom stereocenters. The topological polar surface area (TPSA) is 136 Å². The summed E-state index contributed by atoms with van der Waals surface area (Å²) in [6, 6.07) is 7.23. The predicted molar refractivity (Wildman–Crippen MR) is 172 cm³/mol. The van der Waals surface area contributed by atoms with Gasteiger partial charge in [-0.2, -0.15) is 5.10 Å². The summed E-state index contributed by atoms with van der Waals surface area (Å²) in [4.78, 5) is 12.5. The molecule has 9 heteroatoms. The van der Waals surface area contributed by atoms with Crippen LogP contribution in [-0.2, 0) is 18.4 Å². The van der Waals surface area contributed by atoms with E-state index < -0.39 is 11.8 Å². The van der Waals surface area contributed by atoms with Gasteiger partial charge in [0, 0.05) is 37.1 Å². The van der Waals surface area contributed by atoms with E-state index in [1.54, 1.807) is 37.8 Å². The van der Waals surface area contributed by atoms with Gasteiger partial charge in [-0.1, -0.05) is 36.6 Å². The molecule has 1 aliphatic carbocycles. The van der Waals surface area contributed by atoms with E-state index in [4.69, 9.17) is 27.1 Å². The van der Waals surface area contributed by atoms with Crippen LogP contribution in [-0.4, -0.2) is 45.1 Å². The molecule has 0 aliphatic heterocycles. The number of hydrogen-bond acceptors (Lipinski definition) is 7. The summed E-state index contributed by atoms with van der Waals surface area (Å²) < 4.78 is 7.84.